The molecule has 0 amide bonds. The number of nitro groups is 1. The first-order chi connectivity index (χ1) is 18.8. The predicted octanol–water partition coefficient (Wildman–Crippen LogP) is 5.26. The fraction of sp³-hybridized carbons (Fsp3) is 0.414. The number of hydrogen-bond donors (Lipinski definition) is 1. The van der Waals surface area contributed by atoms with Crippen LogP contribution in [0.2, 0.25) is 0 Å². The Morgan fingerprint density at radius 1 is 1.15 bits per heavy atom. The zero-order chi connectivity index (χ0) is 28.4. The Kier molecular flexibility index (Phi) is 11.2. The lowest BCUT2D eigenvalue weighted by Crippen LogP contribution is -2.37. The second-order valence-corrected chi connectivity index (χ2v) is 10.3. The Balaban J connectivity index is 1.74. The summed E-state index contributed by atoms with van der Waals surface area (Å²) in [6.07, 6.45) is 2.64. The van der Waals surface area contributed by atoms with Crippen molar-refractivity contribution < 1.29 is 29.1 Å². The molecule has 3 rings (SSSR count). The van der Waals surface area contributed by atoms with Gasteiger partial charge in [-0.15, -0.1) is 11.8 Å². The summed E-state index contributed by atoms with van der Waals surface area (Å²) < 4.78 is 10.7. The number of benzene rings is 2. The molecule has 0 saturated heterocycles. The van der Waals surface area contributed by atoms with Crippen LogP contribution in [0.1, 0.15) is 50.2 Å². The number of methoxy groups -OCH3 is 1. The van der Waals surface area contributed by atoms with E-state index in [2.05, 4.69) is 4.99 Å². The van der Waals surface area contributed by atoms with Gasteiger partial charge in [0.15, 0.2) is 0 Å². The topological polar surface area (TPSA) is 128 Å². The highest BCUT2D eigenvalue weighted by Gasteiger charge is 2.43. The van der Waals surface area contributed by atoms with E-state index >= 15 is 0 Å². The molecule has 1 aliphatic heterocycles. The number of aliphatic hydroxyl groups excluding tert-OH is 1. The monoisotopic (exact) mass is 554 g/mol. The summed E-state index contributed by atoms with van der Waals surface area (Å²) in [5.74, 6) is -2.16. The van der Waals surface area contributed by atoms with Crippen LogP contribution in [0, 0.1) is 16.0 Å². The number of carbonyl (C=O) groups excluding carboxylic acids is 2. The molecule has 208 valence electrons. The number of rotatable bonds is 13. The number of non-ortho nitro benzene ring substituents is 1. The van der Waals surface area contributed by atoms with Crippen LogP contribution in [-0.2, 0) is 25.5 Å². The van der Waals surface area contributed by atoms with Gasteiger partial charge < -0.3 is 14.6 Å². The summed E-state index contributed by atoms with van der Waals surface area (Å²) >= 11 is 1.65. The van der Waals surface area contributed by atoms with E-state index in [0.29, 0.717) is 29.8 Å². The molecule has 0 spiro atoms. The van der Waals surface area contributed by atoms with Crippen molar-refractivity contribution in [3.63, 3.8) is 0 Å². The number of hydrogen-bond acceptors (Lipinski definition) is 9. The Labute approximate surface area is 232 Å². The first kappa shape index (κ1) is 30.0. The normalized spacial score (nSPS) is 17.0. The SMILES string of the molecule is CCC1=NC(C)=C(C(=O)OCCCSc2ccc(CCCO)cc2)C(c2cccc([N+](=O)[O-])c2)C1C(=O)OC. The highest BCUT2D eigenvalue weighted by Crippen LogP contribution is 2.41. The third-order valence-electron chi connectivity index (χ3n) is 6.52. The molecule has 1 heterocycles. The lowest BCUT2D eigenvalue weighted by molar-refractivity contribution is -0.384. The van der Waals surface area contributed by atoms with Crippen LogP contribution in [0.5, 0.6) is 0 Å². The van der Waals surface area contributed by atoms with Crippen LogP contribution in [0.15, 0.2) is 69.7 Å². The molecule has 0 aromatic heterocycles. The molecule has 1 N–H and O–H groups in total. The van der Waals surface area contributed by atoms with Crippen LogP contribution in [-0.4, -0.2) is 53.8 Å². The molecular weight excluding hydrogens is 520 g/mol. The van der Waals surface area contributed by atoms with E-state index in [9.17, 15) is 19.7 Å². The van der Waals surface area contributed by atoms with E-state index < -0.39 is 28.7 Å². The predicted molar refractivity (Wildman–Crippen MR) is 150 cm³/mol. The number of nitro benzene ring substituents is 1. The Morgan fingerprint density at radius 2 is 1.90 bits per heavy atom. The highest BCUT2D eigenvalue weighted by atomic mass is 32.2. The number of carbonyl (C=O) groups is 2. The van der Waals surface area contributed by atoms with E-state index in [1.54, 1.807) is 24.8 Å². The quantitative estimate of drug-likeness (QED) is 0.117. The first-order valence-electron chi connectivity index (χ1n) is 12.9. The van der Waals surface area contributed by atoms with Crippen molar-refractivity contribution in [3.05, 3.63) is 81.0 Å². The summed E-state index contributed by atoms with van der Waals surface area (Å²) in [6.45, 7) is 3.89. The van der Waals surface area contributed by atoms with Gasteiger partial charge in [0.1, 0.15) is 5.92 Å². The van der Waals surface area contributed by atoms with E-state index in [4.69, 9.17) is 14.6 Å². The van der Waals surface area contributed by atoms with E-state index in [-0.39, 0.29) is 24.5 Å². The van der Waals surface area contributed by atoms with E-state index in [0.717, 1.165) is 23.5 Å². The number of allylic oxidation sites excluding steroid dienone is 1. The van der Waals surface area contributed by atoms with Crippen molar-refractivity contribution in [2.75, 3.05) is 26.1 Å². The first-order valence-corrected chi connectivity index (χ1v) is 13.9. The molecular formula is C29H34N2O7S. The van der Waals surface area contributed by atoms with Crippen LogP contribution < -0.4 is 0 Å². The second-order valence-electron chi connectivity index (χ2n) is 9.10. The van der Waals surface area contributed by atoms with Crippen molar-refractivity contribution in [1.82, 2.24) is 0 Å². The molecule has 0 saturated carbocycles. The third kappa shape index (κ3) is 7.77. The lowest BCUT2D eigenvalue weighted by atomic mass is 9.74. The van der Waals surface area contributed by atoms with Crippen molar-refractivity contribution in [2.24, 2.45) is 10.9 Å². The molecule has 0 fully saturated rings. The van der Waals surface area contributed by atoms with Gasteiger partial charge in [-0.05, 0) is 55.9 Å². The van der Waals surface area contributed by atoms with Gasteiger partial charge >= 0.3 is 11.9 Å². The number of nitrogens with zero attached hydrogens (tertiary/aromatic N) is 2. The fourth-order valence-electron chi connectivity index (χ4n) is 4.62. The number of thioether (sulfide) groups is 1. The Bertz CT molecular complexity index is 1240. The fourth-order valence-corrected chi connectivity index (χ4v) is 5.45. The van der Waals surface area contributed by atoms with E-state index in [1.807, 2.05) is 31.2 Å². The zero-order valence-electron chi connectivity index (χ0n) is 22.4. The molecule has 2 aromatic carbocycles. The Morgan fingerprint density at radius 3 is 2.54 bits per heavy atom. The van der Waals surface area contributed by atoms with E-state index in [1.165, 1.54) is 30.9 Å². The summed E-state index contributed by atoms with van der Waals surface area (Å²) in [5, 5.41) is 20.4. The molecule has 10 heteroatoms. The number of aliphatic hydroxyl groups is 1. The maximum Gasteiger partial charge on any atom is 0.336 e. The molecule has 2 unspecified atom stereocenters. The van der Waals surface area contributed by atoms with Gasteiger partial charge in [-0.1, -0.05) is 31.2 Å². The molecule has 9 nitrogen and oxygen atoms in total. The maximum atomic E-state index is 13.4. The molecule has 0 radical (unpaired) electrons. The maximum absolute atomic E-state index is 13.4. The Hall–Kier alpha value is -3.50. The lowest BCUT2D eigenvalue weighted by Gasteiger charge is -2.32. The summed E-state index contributed by atoms with van der Waals surface area (Å²) in [6, 6.07) is 14.1. The molecule has 0 aliphatic carbocycles. The smallest absolute Gasteiger partial charge is 0.336 e. The standard InChI is InChI=1S/C29H34N2O7S/c1-4-24-27(28(33)37-3)26(21-9-5-10-22(18-21)31(35)36)25(19(2)30-24)29(34)38-16-7-17-39-23-13-11-20(12-14-23)8-6-15-32/h5,9-14,18,26-27,32H,4,6-8,15-17H2,1-3H3. The minimum Gasteiger partial charge on any atom is -0.468 e. The number of esters is 2. The van der Waals surface area contributed by atoms with Gasteiger partial charge in [-0.3, -0.25) is 19.9 Å². The summed E-state index contributed by atoms with van der Waals surface area (Å²) in [7, 11) is 1.27. The van der Waals surface area contributed by atoms with Crippen molar-refractivity contribution in [1.29, 1.82) is 0 Å². The minimum atomic E-state index is -0.899. The van der Waals surface area contributed by atoms with Crippen LogP contribution in [0.25, 0.3) is 0 Å². The second kappa shape index (κ2) is 14.6. The van der Waals surface area contributed by atoms with Gasteiger partial charge in [-0.25, -0.2) is 4.79 Å². The van der Waals surface area contributed by atoms with Crippen molar-refractivity contribution >= 4 is 35.1 Å². The van der Waals surface area contributed by atoms with Gasteiger partial charge in [0.2, 0.25) is 0 Å². The van der Waals surface area contributed by atoms with Gasteiger partial charge in [0.05, 0.1) is 24.2 Å². The minimum absolute atomic E-state index is 0.138. The average molecular weight is 555 g/mol. The van der Waals surface area contributed by atoms with Crippen LogP contribution in [0.3, 0.4) is 0 Å². The summed E-state index contributed by atoms with van der Waals surface area (Å²) in [5.41, 5.74) is 2.66. The number of ether oxygens (including phenoxy) is 2. The van der Waals surface area contributed by atoms with Gasteiger partial charge in [0, 0.05) is 46.7 Å². The molecule has 39 heavy (non-hydrogen) atoms. The number of aryl methyl sites for hydroxylation is 1. The zero-order valence-corrected chi connectivity index (χ0v) is 23.2. The molecule has 2 aromatic rings. The summed E-state index contributed by atoms with van der Waals surface area (Å²) in [4.78, 5) is 42.8. The third-order valence-corrected chi connectivity index (χ3v) is 7.62. The van der Waals surface area contributed by atoms with Crippen molar-refractivity contribution in [2.45, 2.75) is 50.3 Å². The molecule has 2 atom stereocenters. The molecule has 1 aliphatic rings. The van der Waals surface area contributed by atoms with Crippen LogP contribution >= 0.6 is 11.8 Å². The van der Waals surface area contributed by atoms with Crippen molar-refractivity contribution in [3.8, 4) is 0 Å². The highest BCUT2D eigenvalue weighted by molar-refractivity contribution is 7.99. The average Bonchev–Trinajstić information content (AvgIpc) is 2.95. The van der Waals surface area contributed by atoms with Gasteiger partial charge in [0.25, 0.3) is 5.69 Å². The van der Waals surface area contributed by atoms with Crippen LogP contribution in [0.4, 0.5) is 5.69 Å². The number of aliphatic imine (C=N–C) groups is 1. The largest absolute Gasteiger partial charge is 0.468 e. The molecule has 0 bridgehead atoms. The van der Waals surface area contributed by atoms with Gasteiger partial charge in [-0.2, -0.15) is 0 Å².